The van der Waals surface area contributed by atoms with Crippen LogP contribution in [-0.2, 0) is 12.7 Å². The van der Waals surface area contributed by atoms with Gasteiger partial charge in [-0.15, -0.1) is 0 Å². The van der Waals surface area contributed by atoms with E-state index in [-0.39, 0.29) is 12.5 Å². The van der Waals surface area contributed by atoms with Gasteiger partial charge in [0, 0.05) is 4.47 Å². The highest BCUT2D eigenvalue weighted by atomic mass is 79.9. The largest absolute Gasteiger partial charge is 0.416 e. The summed E-state index contributed by atoms with van der Waals surface area (Å²) in [5.74, 6) is -0.163. The van der Waals surface area contributed by atoms with Gasteiger partial charge >= 0.3 is 6.18 Å². The first kappa shape index (κ1) is 12.8. The summed E-state index contributed by atoms with van der Waals surface area (Å²) in [5.41, 5.74) is 9.86. The molecule has 0 heterocycles. The summed E-state index contributed by atoms with van der Waals surface area (Å²) in [6.45, 7) is 0.00678. The monoisotopic (exact) mass is 295 g/mol. The Morgan fingerprint density at radius 1 is 1.31 bits per heavy atom. The molecule has 0 amide bonds. The quantitative estimate of drug-likeness (QED) is 0.649. The molecule has 0 unspecified atom stereocenters. The lowest BCUT2D eigenvalue weighted by Gasteiger charge is -2.09. The third-order valence-corrected chi connectivity index (χ3v) is 2.58. The summed E-state index contributed by atoms with van der Waals surface area (Å²) in [5, 5.41) is 0. The van der Waals surface area contributed by atoms with Gasteiger partial charge in [-0.2, -0.15) is 13.2 Å². The lowest BCUT2D eigenvalue weighted by atomic mass is 10.1. The second-order valence-electron chi connectivity index (χ2n) is 3.05. The molecule has 0 radical (unpaired) electrons. The smallest absolute Gasteiger partial charge is 0.370 e. The van der Waals surface area contributed by atoms with E-state index >= 15 is 0 Å². The lowest BCUT2D eigenvalue weighted by Crippen LogP contribution is -2.22. The van der Waals surface area contributed by atoms with Gasteiger partial charge in [0.05, 0.1) is 12.1 Å². The SMILES string of the molecule is NC(N)=NCc1cc(C(F)(F)F)ccc1Br. The fourth-order valence-electron chi connectivity index (χ4n) is 1.05. The van der Waals surface area contributed by atoms with Gasteiger partial charge in [0.15, 0.2) is 5.96 Å². The normalized spacial score (nSPS) is 11.2. The van der Waals surface area contributed by atoms with Gasteiger partial charge in [-0.25, -0.2) is 4.99 Å². The van der Waals surface area contributed by atoms with Crippen LogP contribution >= 0.6 is 15.9 Å². The van der Waals surface area contributed by atoms with E-state index in [0.717, 1.165) is 12.1 Å². The Hall–Kier alpha value is -1.24. The highest BCUT2D eigenvalue weighted by Gasteiger charge is 2.30. The van der Waals surface area contributed by atoms with Crippen molar-refractivity contribution in [3.05, 3.63) is 33.8 Å². The van der Waals surface area contributed by atoms with Gasteiger partial charge in [-0.05, 0) is 23.8 Å². The second kappa shape index (κ2) is 4.73. The van der Waals surface area contributed by atoms with Crippen molar-refractivity contribution in [2.75, 3.05) is 0 Å². The van der Waals surface area contributed by atoms with Gasteiger partial charge in [-0.1, -0.05) is 15.9 Å². The van der Waals surface area contributed by atoms with E-state index in [1.165, 1.54) is 6.07 Å². The van der Waals surface area contributed by atoms with Crippen molar-refractivity contribution in [3.8, 4) is 0 Å². The second-order valence-corrected chi connectivity index (χ2v) is 3.90. The fourth-order valence-corrected chi connectivity index (χ4v) is 1.42. The van der Waals surface area contributed by atoms with Crippen LogP contribution in [0.2, 0.25) is 0 Å². The number of benzene rings is 1. The maximum absolute atomic E-state index is 12.4. The summed E-state index contributed by atoms with van der Waals surface area (Å²) < 4.78 is 37.7. The molecule has 0 saturated carbocycles. The number of rotatable bonds is 2. The zero-order chi connectivity index (χ0) is 12.3. The number of hydrogen-bond acceptors (Lipinski definition) is 1. The molecule has 0 atom stereocenters. The summed E-state index contributed by atoms with van der Waals surface area (Å²) in [6.07, 6.45) is -4.37. The van der Waals surface area contributed by atoms with Gasteiger partial charge < -0.3 is 11.5 Å². The Morgan fingerprint density at radius 3 is 2.44 bits per heavy atom. The van der Waals surface area contributed by atoms with Crippen LogP contribution in [0.15, 0.2) is 27.7 Å². The summed E-state index contributed by atoms with van der Waals surface area (Å²) >= 11 is 3.13. The van der Waals surface area contributed by atoms with Crippen LogP contribution in [0.5, 0.6) is 0 Å². The van der Waals surface area contributed by atoms with E-state index in [0.29, 0.717) is 10.0 Å². The van der Waals surface area contributed by atoms with Crippen molar-refractivity contribution < 1.29 is 13.2 Å². The molecule has 4 N–H and O–H groups in total. The van der Waals surface area contributed by atoms with E-state index in [1.807, 2.05) is 0 Å². The molecule has 16 heavy (non-hydrogen) atoms. The molecule has 0 bridgehead atoms. The minimum Gasteiger partial charge on any atom is -0.370 e. The van der Waals surface area contributed by atoms with E-state index in [2.05, 4.69) is 20.9 Å². The number of alkyl halides is 3. The molecule has 0 aliphatic rings. The number of guanidine groups is 1. The predicted molar refractivity (Wildman–Crippen MR) is 58.7 cm³/mol. The van der Waals surface area contributed by atoms with Gasteiger partial charge in [0.25, 0.3) is 0 Å². The standard InChI is InChI=1S/C9H9BrF3N3/c10-7-2-1-6(9(11,12)13)3-5(7)4-16-8(14)15/h1-3H,4H2,(H4,14,15,16). The van der Waals surface area contributed by atoms with Gasteiger partial charge in [0.1, 0.15) is 0 Å². The summed E-state index contributed by atoms with van der Waals surface area (Å²) in [4.78, 5) is 3.65. The third kappa shape index (κ3) is 3.41. The Bertz CT molecular complexity index is 411. The maximum atomic E-state index is 12.4. The molecular formula is C9H9BrF3N3. The molecule has 1 aromatic carbocycles. The average Bonchev–Trinajstić information content (AvgIpc) is 2.14. The van der Waals surface area contributed by atoms with Crippen LogP contribution in [0, 0.1) is 0 Å². The number of nitrogens with two attached hydrogens (primary N) is 2. The van der Waals surface area contributed by atoms with E-state index in [1.54, 1.807) is 0 Å². The van der Waals surface area contributed by atoms with Crippen LogP contribution in [0.4, 0.5) is 13.2 Å². The molecule has 0 aromatic heterocycles. The minimum atomic E-state index is -4.37. The van der Waals surface area contributed by atoms with Crippen LogP contribution < -0.4 is 11.5 Å². The Morgan fingerprint density at radius 2 is 1.94 bits per heavy atom. The zero-order valence-corrected chi connectivity index (χ0v) is 9.64. The molecule has 88 valence electrons. The molecule has 1 aromatic rings. The Balaban J connectivity index is 3.05. The average molecular weight is 296 g/mol. The molecule has 0 aliphatic carbocycles. The van der Waals surface area contributed by atoms with Crippen molar-refractivity contribution in [1.29, 1.82) is 0 Å². The van der Waals surface area contributed by atoms with Crippen molar-refractivity contribution in [2.45, 2.75) is 12.7 Å². The van der Waals surface area contributed by atoms with Gasteiger partial charge in [-0.3, -0.25) is 0 Å². The van der Waals surface area contributed by atoms with E-state index in [9.17, 15) is 13.2 Å². The maximum Gasteiger partial charge on any atom is 0.416 e. The minimum absolute atomic E-state index is 0.00678. The molecule has 0 aliphatic heterocycles. The first-order valence-corrected chi connectivity index (χ1v) is 5.01. The van der Waals surface area contributed by atoms with E-state index < -0.39 is 11.7 Å². The van der Waals surface area contributed by atoms with Crippen LogP contribution in [0.3, 0.4) is 0 Å². The molecule has 7 heteroatoms. The van der Waals surface area contributed by atoms with Crippen LogP contribution in [0.25, 0.3) is 0 Å². The molecule has 0 spiro atoms. The topological polar surface area (TPSA) is 64.4 Å². The van der Waals surface area contributed by atoms with Crippen molar-refractivity contribution in [2.24, 2.45) is 16.5 Å². The van der Waals surface area contributed by atoms with E-state index in [4.69, 9.17) is 11.5 Å². The lowest BCUT2D eigenvalue weighted by molar-refractivity contribution is -0.137. The number of hydrogen-bond donors (Lipinski definition) is 2. The molecule has 0 fully saturated rings. The number of halogens is 4. The first-order valence-electron chi connectivity index (χ1n) is 4.21. The third-order valence-electron chi connectivity index (χ3n) is 1.81. The summed E-state index contributed by atoms with van der Waals surface area (Å²) in [7, 11) is 0. The number of aliphatic imine (C=N–C) groups is 1. The predicted octanol–water partition coefficient (Wildman–Crippen LogP) is 2.24. The van der Waals surface area contributed by atoms with Crippen molar-refractivity contribution in [1.82, 2.24) is 0 Å². The molecule has 3 nitrogen and oxygen atoms in total. The zero-order valence-electron chi connectivity index (χ0n) is 8.05. The van der Waals surface area contributed by atoms with Crippen molar-refractivity contribution in [3.63, 3.8) is 0 Å². The summed E-state index contributed by atoms with van der Waals surface area (Å²) in [6, 6.07) is 3.32. The molecule has 1 rings (SSSR count). The van der Waals surface area contributed by atoms with Gasteiger partial charge in [0.2, 0.25) is 0 Å². The molecular weight excluding hydrogens is 287 g/mol. The fraction of sp³-hybridized carbons (Fsp3) is 0.222. The first-order chi connectivity index (χ1) is 7.30. The van der Waals surface area contributed by atoms with Crippen molar-refractivity contribution >= 4 is 21.9 Å². The highest BCUT2D eigenvalue weighted by molar-refractivity contribution is 9.10. The Kier molecular flexibility index (Phi) is 3.79. The number of nitrogens with zero attached hydrogens (tertiary/aromatic N) is 1. The highest BCUT2D eigenvalue weighted by Crippen LogP contribution is 2.32. The Labute approximate surface area is 98.5 Å². The van der Waals surface area contributed by atoms with Crippen LogP contribution in [-0.4, -0.2) is 5.96 Å². The molecule has 0 saturated heterocycles. The van der Waals surface area contributed by atoms with Crippen LogP contribution in [0.1, 0.15) is 11.1 Å².